The molecule has 8 heteroatoms. The van der Waals surface area contributed by atoms with Gasteiger partial charge in [0.05, 0.1) is 31.7 Å². The molecule has 0 spiro atoms. The summed E-state index contributed by atoms with van der Waals surface area (Å²) >= 11 is 0. The molecule has 8 nitrogen and oxygen atoms in total. The van der Waals surface area contributed by atoms with E-state index in [4.69, 9.17) is 9.47 Å². The largest absolute Gasteiger partial charge is 0.507 e. The maximum absolute atomic E-state index is 13.2. The number of likely N-dealkylation sites (tertiary alicyclic amines) is 1. The van der Waals surface area contributed by atoms with E-state index in [1.807, 2.05) is 35.9 Å². The SMILES string of the molecule is CCCOc1ccc(C(O)=C2C(=O)C(=O)N(CCCn3ccnc3)[C@H]2c2ccccc2OC)cc1. The fourth-order valence-corrected chi connectivity index (χ4v) is 4.25. The first kappa shape index (κ1) is 24.1. The van der Waals surface area contributed by atoms with Gasteiger partial charge in [0.2, 0.25) is 0 Å². The van der Waals surface area contributed by atoms with Crippen molar-refractivity contribution in [2.45, 2.75) is 32.4 Å². The van der Waals surface area contributed by atoms with Crippen molar-refractivity contribution in [1.29, 1.82) is 0 Å². The van der Waals surface area contributed by atoms with Gasteiger partial charge in [-0.3, -0.25) is 9.59 Å². The number of rotatable bonds is 10. The zero-order valence-electron chi connectivity index (χ0n) is 19.9. The Bertz CT molecular complexity index is 1200. The Kier molecular flexibility index (Phi) is 7.50. The average Bonchev–Trinajstić information content (AvgIpc) is 3.49. The third-order valence-electron chi connectivity index (χ3n) is 5.95. The monoisotopic (exact) mass is 475 g/mol. The van der Waals surface area contributed by atoms with E-state index in [1.54, 1.807) is 50.0 Å². The molecule has 1 saturated heterocycles. The number of benzene rings is 2. The molecule has 0 saturated carbocycles. The normalized spacial score (nSPS) is 17.1. The number of ketones is 1. The number of carbonyl (C=O) groups is 2. The van der Waals surface area contributed by atoms with Crippen LogP contribution >= 0.6 is 0 Å². The lowest BCUT2D eigenvalue weighted by molar-refractivity contribution is -0.140. The van der Waals surface area contributed by atoms with Gasteiger partial charge in [0, 0.05) is 36.6 Å². The second-order valence-electron chi connectivity index (χ2n) is 8.26. The van der Waals surface area contributed by atoms with E-state index in [0.29, 0.717) is 48.7 Å². The van der Waals surface area contributed by atoms with Crippen LogP contribution < -0.4 is 9.47 Å². The number of aromatic nitrogens is 2. The minimum absolute atomic E-state index is 0.0457. The molecule has 182 valence electrons. The Morgan fingerprint density at radius 1 is 1.09 bits per heavy atom. The van der Waals surface area contributed by atoms with Crippen LogP contribution in [0.3, 0.4) is 0 Å². The number of hydrogen-bond acceptors (Lipinski definition) is 6. The quantitative estimate of drug-likeness (QED) is 0.268. The summed E-state index contributed by atoms with van der Waals surface area (Å²) in [4.78, 5) is 31.9. The van der Waals surface area contributed by atoms with Crippen LogP contribution in [0.5, 0.6) is 11.5 Å². The van der Waals surface area contributed by atoms with E-state index in [2.05, 4.69) is 4.98 Å². The van der Waals surface area contributed by atoms with Gasteiger partial charge in [-0.2, -0.15) is 0 Å². The van der Waals surface area contributed by atoms with Crippen molar-refractivity contribution in [2.24, 2.45) is 0 Å². The summed E-state index contributed by atoms with van der Waals surface area (Å²) in [5.41, 5.74) is 1.12. The maximum atomic E-state index is 13.2. The molecule has 1 N–H and O–H groups in total. The highest BCUT2D eigenvalue weighted by atomic mass is 16.5. The maximum Gasteiger partial charge on any atom is 0.295 e. The molecule has 1 atom stereocenters. The molecule has 1 aromatic heterocycles. The Hall–Kier alpha value is -4.07. The molecule has 4 rings (SSSR count). The molecule has 0 aliphatic carbocycles. The van der Waals surface area contributed by atoms with E-state index < -0.39 is 17.7 Å². The van der Waals surface area contributed by atoms with Gasteiger partial charge in [0.15, 0.2) is 0 Å². The van der Waals surface area contributed by atoms with Crippen molar-refractivity contribution in [3.8, 4) is 11.5 Å². The van der Waals surface area contributed by atoms with Gasteiger partial charge in [0.25, 0.3) is 11.7 Å². The standard InChI is InChI=1S/C27H29N3O5/c1-3-17-35-20-11-9-19(10-12-20)25(31)23-24(21-7-4-5-8-22(21)34-2)30(27(33)26(23)32)15-6-14-29-16-13-28-18-29/h4-5,7-13,16,18,24,31H,3,6,14-15,17H2,1-2H3/t24-/m0/s1. The van der Waals surface area contributed by atoms with Crippen LogP contribution in [-0.2, 0) is 16.1 Å². The number of ether oxygens (including phenoxy) is 2. The molecule has 0 radical (unpaired) electrons. The number of hydrogen-bond donors (Lipinski definition) is 1. The lowest BCUT2D eigenvalue weighted by atomic mass is 9.94. The Morgan fingerprint density at radius 2 is 1.86 bits per heavy atom. The van der Waals surface area contributed by atoms with Gasteiger partial charge in [-0.25, -0.2) is 4.98 Å². The topological polar surface area (TPSA) is 93.9 Å². The summed E-state index contributed by atoms with van der Waals surface area (Å²) in [5.74, 6) is -0.375. The minimum Gasteiger partial charge on any atom is -0.507 e. The molecular formula is C27H29N3O5. The zero-order valence-corrected chi connectivity index (χ0v) is 19.9. The van der Waals surface area contributed by atoms with Crippen LogP contribution in [-0.4, -0.2) is 51.5 Å². The molecule has 35 heavy (non-hydrogen) atoms. The minimum atomic E-state index is -0.773. The lowest BCUT2D eigenvalue weighted by Gasteiger charge is -2.26. The number of aliphatic hydroxyl groups is 1. The molecule has 0 unspecified atom stereocenters. The smallest absolute Gasteiger partial charge is 0.295 e. The van der Waals surface area contributed by atoms with Crippen molar-refractivity contribution in [1.82, 2.24) is 14.5 Å². The number of aliphatic hydroxyl groups excluding tert-OH is 1. The highest BCUT2D eigenvalue weighted by Gasteiger charge is 2.46. The first-order chi connectivity index (χ1) is 17.0. The van der Waals surface area contributed by atoms with Crippen LogP contribution in [0.4, 0.5) is 0 Å². The molecule has 2 aromatic carbocycles. The predicted octanol–water partition coefficient (Wildman–Crippen LogP) is 4.19. The number of imidazole rings is 1. The summed E-state index contributed by atoms with van der Waals surface area (Å²) in [6.45, 7) is 3.57. The molecule has 1 aliphatic rings. The third-order valence-corrected chi connectivity index (χ3v) is 5.95. The van der Waals surface area contributed by atoms with Crippen LogP contribution in [0.15, 0.2) is 72.8 Å². The highest BCUT2D eigenvalue weighted by molar-refractivity contribution is 6.46. The molecule has 0 bridgehead atoms. The number of aryl methyl sites for hydroxylation is 1. The van der Waals surface area contributed by atoms with Gasteiger partial charge in [0.1, 0.15) is 17.3 Å². The van der Waals surface area contributed by atoms with Crippen molar-refractivity contribution in [3.63, 3.8) is 0 Å². The lowest BCUT2D eigenvalue weighted by Crippen LogP contribution is -2.31. The van der Waals surface area contributed by atoms with Crippen molar-refractivity contribution < 1.29 is 24.2 Å². The fraction of sp³-hybridized carbons (Fsp3) is 0.296. The number of Topliss-reactive ketones (excluding diaryl/α,β-unsaturated/α-hetero) is 1. The van der Waals surface area contributed by atoms with Gasteiger partial charge in [-0.15, -0.1) is 0 Å². The second kappa shape index (κ2) is 10.9. The first-order valence-corrected chi connectivity index (χ1v) is 11.7. The number of carbonyl (C=O) groups excluding carboxylic acids is 2. The summed E-state index contributed by atoms with van der Waals surface area (Å²) in [6, 6.07) is 13.3. The van der Waals surface area contributed by atoms with Gasteiger partial charge in [-0.05, 0) is 43.2 Å². The number of amides is 1. The molecule has 3 aromatic rings. The molecule has 1 amide bonds. The molecule has 2 heterocycles. The molecular weight excluding hydrogens is 446 g/mol. The van der Waals surface area contributed by atoms with E-state index in [0.717, 1.165) is 6.42 Å². The van der Waals surface area contributed by atoms with E-state index >= 15 is 0 Å². The predicted molar refractivity (Wildman–Crippen MR) is 131 cm³/mol. The second-order valence-corrected chi connectivity index (χ2v) is 8.26. The van der Waals surface area contributed by atoms with Crippen molar-refractivity contribution in [3.05, 3.63) is 84.0 Å². The summed E-state index contributed by atoms with van der Waals surface area (Å²) < 4.78 is 13.1. The van der Waals surface area contributed by atoms with Gasteiger partial charge >= 0.3 is 0 Å². The summed E-state index contributed by atoms with van der Waals surface area (Å²) in [7, 11) is 1.54. The Morgan fingerprint density at radius 3 is 2.54 bits per heavy atom. The van der Waals surface area contributed by atoms with Gasteiger partial charge < -0.3 is 24.0 Å². The number of para-hydroxylation sites is 1. The number of nitrogens with zero attached hydrogens (tertiary/aromatic N) is 3. The fourth-order valence-electron chi connectivity index (χ4n) is 4.25. The van der Waals surface area contributed by atoms with Gasteiger partial charge in [-0.1, -0.05) is 25.1 Å². The average molecular weight is 476 g/mol. The van der Waals surface area contributed by atoms with E-state index in [-0.39, 0.29) is 11.3 Å². The third kappa shape index (κ3) is 5.06. The van der Waals surface area contributed by atoms with E-state index in [9.17, 15) is 14.7 Å². The van der Waals surface area contributed by atoms with Crippen LogP contribution in [0.2, 0.25) is 0 Å². The summed E-state index contributed by atoms with van der Waals surface area (Å²) in [5, 5.41) is 11.3. The van der Waals surface area contributed by atoms with Crippen LogP contribution in [0.25, 0.3) is 5.76 Å². The molecule has 1 aliphatic heterocycles. The van der Waals surface area contributed by atoms with Crippen molar-refractivity contribution in [2.75, 3.05) is 20.3 Å². The van der Waals surface area contributed by atoms with Crippen LogP contribution in [0, 0.1) is 0 Å². The summed E-state index contributed by atoms with van der Waals surface area (Å²) in [6.07, 6.45) is 6.74. The van der Waals surface area contributed by atoms with Crippen LogP contribution in [0.1, 0.15) is 36.9 Å². The Balaban J connectivity index is 1.72. The van der Waals surface area contributed by atoms with Crippen molar-refractivity contribution >= 4 is 17.4 Å². The van der Waals surface area contributed by atoms with E-state index in [1.165, 1.54) is 4.90 Å². The molecule has 1 fully saturated rings. The Labute approximate surface area is 204 Å². The number of methoxy groups -OCH3 is 1. The first-order valence-electron chi connectivity index (χ1n) is 11.7. The zero-order chi connectivity index (χ0) is 24.8. The highest BCUT2D eigenvalue weighted by Crippen LogP contribution is 2.42.